The van der Waals surface area contributed by atoms with Gasteiger partial charge in [-0.25, -0.2) is 9.37 Å². The van der Waals surface area contributed by atoms with E-state index in [1.165, 1.54) is 12.1 Å². The maximum atomic E-state index is 13.3. The molecule has 2 heterocycles. The number of hydrogen-bond donors (Lipinski definition) is 1. The normalized spacial score (nSPS) is 11.3. The van der Waals surface area contributed by atoms with E-state index in [1.807, 2.05) is 4.57 Å². The molecule has 0 saturated heterocycles. The van der Waals surface area contributed by atoms with Crippen LogP contribution in [0, 0.1) is 5.82 Å². The number of thiazole rings is 1. The maximum absolute atomic E-state index is 13.3. The van der Waals surface area contributed by atoms with Gasteiger partial charge in [0.15, 0.2) is 0 Å². The van der Waals surface area contributed by atoms with Gasteiger partial charge in [-0.2, -0.15) is 0 Å². The molecule has 0 radical (unpaired) electrons. The van der Waals surface area contributed by atoms with Gasteiger partial charge in [0.05, 0.1) is 23.5 Å². The maximum Gasteiger partial charge on any atom is 0.304 e. The molecule has 0 aliphatic carbocycles. The van der Waals surface area contributed by atoms with Crippen LogP contribution in [0.5, 0.6) is 0 Å². The molecule has 0 saturated carbocycles. The van der Waals surface area contributed by atoms with E-state index in [4.69, 9.17) is 11.6 Å². The number of hydrogen-bond acceptors (Lipinski definition) is 3. The third-order valence-electron chi connectivity index (χ3n) is 2.81. The van der Waals surface area contributed by atoms with Gasteiger partial charge < -0.3 is 9.55 Å². The number of aromatic amines is 1. The zero-order valence-corrected chi connectivity index (χ0v) is 11.3. The van der Waals surface area contributed by atoms with Crippen LogP contribution in [0.2, 0.25) is 0 Å². The van der Waals surface area contributed by atoms with Gasteiger partial charge in [0, 0.05) is 11.1 Å². The minimum atomic E-state index is -0.325. The highest BCUT2D eigenvalue weighted by atomic mass is 35.5. The van der Waals surface area contributed by atoms with Gasteiger partial charge in [0.2, 0.25) is 0 Å². The summed E-state index contributed by atoms with van der Waals surface area (Å²) in [6.07, 6.45) is 0. The largest absolute Gasteiger partial charge is 0.321 e. The summed E-state index contributed by atoms with van der Waals surface area (Å²) in [6, 6.07) is 4.40. The first kappa shape index (κ1) is 12.4. The van der Waals surface area contributed by atoms with E-state index in [9.17, 15) is 9.18 Å². The molecule has 0 atom stereocenters. The lowest BCUT2D eigenvalue weighted by Crippen LogP contribution is -2.06. The average molecular weight is 298 g/mol. The molecule has 4 nitrogen and oxygen atoms in total. The topological polar surface area (TPSA) is 50.7 Å². The van der Waals surface area contributed by atoms with Crippen LogP contribution < -0.4 is 4.87 Å². The van der Waals surface area contributed by atoms with E-state index in [0.717, 1.165) is 17.0 Å². The summed E-state index contributed by atoms with van der Waals surface area (Å²) in [5.41, 5.74) is 2.11. The molecular formula is C12H9ClFN3OS. The standard InChI is InChI=1S/C12H9ClFN3OS/c13-4-11-16-9-2-1-7(14)3-10(9)17(11)5-8-6-19-12(18)15-8/h1-3,6H,4-5H2,(H,15,18). The van der Waals surface area contributed by atoms with Crippen LogP contribution in [0.1, 0.15) is 11.5 Å². The second-order valence-corrected chi connectivity index (χ2v) is 5.16. The van der Waals surface area contributed by atoms with E-state index in [-0.39, 0.29) is 16.6 Å². The van der Waals surface area contributed by atoms with Crippen molar-refractivity contribution in [1.29, 1.82) is 0 Å². The van der Waals surface area contributed by atoms with Gasteiger partial charge in [0.25, 0.3) is 0 Å². The average Bonchev–Trinajstić information content (AvgIpc) is 2.94. The van der Waals surface area contributed by atoms with E-state index in [1.54, 1.807) is 11.4 Å². The number of benzene rings is 1. The number of alkyl halides is 1. The van der Waals surface area contributed by atoms with E-state index >= 15 is 0 Å². The monoisotopic (exact) mass is 297 g/mol. The van der Waals surface area contributed by atoms with Crippen LogP contribution in [0.4, 0.5) is 4.39 Å². The molecule has 0 bridgehead atoms. The Hall–Kier alpha value is -1.66. The molecule has 1 N–H and O–H groups in total. The number of aromatic nitrogens is 3. The second-order valence-electron chi connectivity index (χ2n) is 4.05. The van der Waals surface area contributed by atoms with E-state index in [2.05, 4.69) is 9.97 Å². The van der Waals surface area contributed by atoms with Crippen LogP contribution in [-0.4, -0.2) is 14.5 Å². The first-order valence-corrected chi connectivity index (χ1v) is 6.96. The molecule has 0 unspecified atom stereocenters. The lowest BCUT2D eigenvalue weighted by atomic mass is 10.3. The lowest BCUT2D eigenvalue weighted by Gasteiger charge is -2.05. The minimum absolute atomic E-state index is 0.113. The fourth-order valence-electron chi connectivity index (χ4n) is 1.99. The van der Waals surface area contributed by atoms with E-state index in [0.29, 0.717) is 23.4 Å². The Balaban J connectivity index is 2.14. The Morgan fingerprint density at radius 1 is 1.47 bits per heavy atom. The summed E-state index contributed by atoms with van der Waals surface area (Å²) >= 11 is 6.96. The summed E-state index contributed by atoms with van der Waals surface area (Å²) < 4.78 is 15.2. The minimum Gasteiger partial charge on any atom is -0.321 e. The van der Waals surface area contributed by atoms with E-state index < -0.39 is 0 Å². The molecule has 0 spiro atoms. The van der Waals surface area contributed by atoms with Crippen molar-refractivity contribution in [1.82, 2.24) is 14.5 Å². The molecule has 1 aromatic carbocycles. The van der Waals surface area contributed by atoms with Gasteiger partial charge in [-0.05, 0) is 18.2 Å². The van der Waals surface area contributed by atoms with Crippen molar-refractivity contribution in [2.75, 3.05) is 0 Å². The molecule has 7 heteroatoms. The molecule has 98 valence electrons. The number of H-pyrrole nitrogens is 1. The van der Waals surface area contributed by atoms with Crippen LogP contribution in [0.15, 0.2) is 28.4 Å². The predicted octanol–water partition coefficient (Wildman–Crippen LogP) is 2.71. The highest BCUT2D eigenvalue weighted by molar-refractivity contribution is 7.07. The van der Waals surface area contributed by atoms with Crippen molar-refractivity contribution < 1.29 is 4.39 Å². The van der Waals surface area contributed by atoms with Crippen molar-refractivity contribution in [2.45, 2.75) is 12.4 Å². The second kappa shape index (κ2) is 4.79. The smallest absolute Gasteiger partial charge is 0.304 e. The predicted molar refractivity (Wildman–Crippen MR) is 73.3 cm³/mol. The third kappa shape index (κ3) is 2.29. The Morgan fingerprint density at radius 2 is 2.32 bits per heavy atom. The Labute approximate surface area is 116 Å². The number of fused-ring (bicyclic) bond motifs is 1. The number of halogens is 2. The molecule has 0 aliphatic heterocycles. The summed E-state index contributed by atoms with van der Waals surface area (Å²) in [5, 5.41) is 1.74. The van der Waals surface area contributed by atoms with Crippen LogP contribution in [0.25, 0.3) is 11.0 Å². The van der Waals surface area contributed by atoms with Gasteiger partial charge in [-0.1, -0.05) is 11.3 Å². The zero-order valence-electron chi connectivity index (χ0n) is 9.69. The summed E-state index contributed by atoms with van der Waals surface area (Å²) in [7, 11) is 0. The molecule has 0 aliphatic rings. The number of nitrogens with zero attached hydrogens (tertiary/aromatic N) is 2. The van der Waals surface area contributed by atoms with Crippen molar-refractivity contribution in [3.63, 3.8) is 0 Å². The van der Waals surface area contributed by atoms with Crippen molar-refractivity contribution in [2.24, 2.45) is 0 Å². The number of imidazole rings is 1. The Kier molecular flexibility index (Phi) is 3.12. The van der Waals surface area contributed by atoms with Crippen LogP contribution in [0.3, 0.4) is 0 Å². The molecule has 2 aromatic heterocycles. The fourth-order valence-corrected chi connectivity index (χ4v) is 2.76. The van der Waals surface area contributed by atoms with Crippen molar-refractivity contribution in [3.8, 4) is 0 Å². The first-order valence-electron chi connectivity index (χ1n) is 5.54. The zero-order chi connectivity index (χ0) is 13.4. The Morgan fingerprint density at radius 3 is 3.00 bits per heavy atom. The highest BCUT2D eigenvalue weighted by Crippen LogP contribution is 2.20. The Bertz CT molecular complexity index is 792. The summed E-state index contributed by atoms with van der Waals surface area (Å²) in [6.45, 7) is 0.417. The molecule has 0 amide bonds. The van der Waals surface area contributed by atoms with Crippen molar-refractivity contribution in [3.05, 3.63) is 50.6 Å². The van der Waals surface area contributed by atoms with Gasteiger partial charge in [-0.3, -0.25) is 4.79 Å². The molecule has 19 heavy (non-hydrogen) atoms. The molecular weight excluding hydrogens is 289 g/mol. The quantitative estimate of drug-likeness (QED) is 0.756. The van der Waals surface area contributed by atoms with Gasteiger partial charge in [-0.15, -0.1) is 11.6 Å². The SMILES string of the molecule is O=c1[nH]c(Cn2c(CCl)nc3ccc(F)cc32)cs1. The first-order chi connectivity index (χ1) is 9.17. The van der Waals surface area contributed by atoms with Crippen LogP contribution in [-0.2, 0) is 12.4 Å². The van der Waals surface area contributed by atoms with Crippen molar-refractivity contribution >= 4 is 34.0 Å². The van der Waals surface area contributed by atoms with Gasteiger partial charge >= 0.3 is 4.87 Å². The lowest BCUT2D eigenvalue weighted by molar-refractivity contribution is 0.628. The molecule has 3 aromatic rings. The number of rotatable bonds is 3. The van der Waals surface area contributed by atoms with Gasteiger partial charge in [0.1, 0.15) is 11.6 Å². The fraction of sp³-hybridized carbons (Fsp3) is 0.167. The summed E-state index contributed by atoms with van der Waals surface area (Å²) in [4.78, 5) is 18.1. The molecule has 0 fully saturated rings. The molecule has 3 rings (SSSR count). The number of nitrogens with one attached hydrogen (secondary N) is 1. The highest BCUT2D eigenvalue weighted by Gasteiger charge is 2.12. The van der Waals surface area contributed by atoms with Crippen LogP contribution >= 0.6 is 22.9 Å². The summed E-state index contributed by atoms with van der Waals surface area (Å²) in [5.74, 6) is 0.549. The third-order valence-corrected chi connectivity index (χ3v) is 3.77.